The Morgan fingerprint density at radius 2 is 1.96 bits per heavy atom. The molecule has 3 atom stereocenters. The summed E-state index contributed by atoms with van der Waals surface area (Å²) in [6, 6.07) is 4.38. The number of carboxylic acid groups (broad SMARTS) is 1. The van der Waals surface area contributed by atoms with E-state index in [2.05, 4.69) is 4.90 Å². The Hall–Kier alpha value is -2.32. The van der Waals surface area contributed by atoms with Gasteiger partial charge in [-0.15, -0.1) is 0 Å². The molecule has 0 aliphatic carbocycles. The predicted molar refractivity (Wildman–Crippen MR) is 102 cm³/mol. The van der Waals surface area contributed by atoms with Gasteiger partial charge in [-0.25, -0.2) is 0 Å². The van der Waals surface area contributed by atoms with E-state index in [1.807, 2.05) is 13.8 Å². The van der Waals surface area contributed by atoms with Crippen molar-refractivity contribution in [2.75, 3.05) is 33.0 Å². The number of fused-ring (bicyclic) bond motifs is 1. The number of carboxylic acids is 1. The first-order chi connectivity index (χ1) is 13.4. The van der Waals surface area contributed by atoms with Gasteiger partial charge in [0.15, 0.2) is 11.5 Å². The zero-order valence-electron chi connectivity index (χ0n) is 16.3. The van der Waals surface area contributed by atoms with E-state index in [0.717, 1.165) is 13.1 Å². The largest absolute Gasteiger partial charge is 0.481 e. The Labute approximate surface area is 164 Å². The summed E-state index contributed by atoms with van der Waals surface area (Å²) in [7, 11) is 0. The third-order valence-electron chi connectivity index (χ3n) is 5.63. The van der Waals surface area contributed by atoms with Crippen LogP contribution in [0, 0.1) is 5.92 Å². The minimum absolute atomic E-state index is 0.116. The number of aliphatic hydroxyl groups is 1. The highest BCUT2D eigenvalue weighted by Crippen LogP contribution is 2.34. The average molecular weight is 392 g/mol. The molecule has 154 valence electrons. The van der Waals surface area contributed by atoms with Gasteiger partial charge in [-0.3, -0.25) is 9.59 Å². The molecule has 1 fully saturated rings. The minimum atomic E-state index is -0.935. The number of likely N-dealkylation sites (tertiary alicyclic amines) is 1. The van der Waals surface area contributed by atoms with Gasteiger partial charge in [0.2, 0.25) is 6.79 Å². The van der Waals surface area contributed by atoms with Crippen LogP contribution in [-0.2, 0) is 4.79 Å². The van der Waals surface area contributed by atoms with E-state index in [1.165, 1.54) is 4.90 Å². The molecule has 28 heavy (non-hydrogen) atoms. The number of hydrogen-bond donors (Lipinski definition) is 2. The monoisotopic (exact) mass is 392 g/mol. The van der Waals surface area contributed by atoms with Crippen molar-refractivity contribution in [1.82, 2.24) is 9.80 Å². The molecule has 3 unspecified atom stereocenters. The van der Waals surface area contributed by atoms with Crippen LogP contribution in [0.25, 0.3) is 0 Å². The van der Waals surface area contributed by atoms with Crippen molar-refractivity contribution in [2.45, 2.75) is 38.8 Å². The highest BCUT2D eigenvalue weighted by Gasteiger charge is 2.42. The third kappa shape index (κ3) is 4.23. The molecule has 2 aliphatic rings. The van der Waals surface area contributed by atoms with Gasteiger partial charge in [0.05, 0.1) is 12.0 Å². The number of aliphatic hydroxyl groups excluding tert-OH is 1. The summed E-state index contributed by atoms with van der Waals surface area (Å²) < 4.78 is 10.6. The van der Waals surface area contributed by atoms with Crippen molar-refractivity contribution >= 4 is 11.9 Å². The van der Waals surface area contributed by atoms with Crippen LogP contribution < -0.4 is 9.47 Å². The van der Waals surface area contributed by atoms with Crippen LogP contribution in [0.2, 0.25) is 0 Å². The third-order valence-corrected chi connectivity index (χ3v) is 5.63. The molecule has 0 spiro atoms. The first-order valence-electron chi connectivity index (χ1n) is 9.78. The lowest BCUT2D eigenvalue weighted by Gasteiger charge is -2.30. The van der Waals surface area contributed by atoms with Crippen molar-refractivity contribution in [3.63, 3.8) is 0 Å². The Bertz CT molecular complexity index is 721. The zero-order chi connectivity index (χ0) is 20.3. The topological polar surface area (TPSA) is 99.5 Å². The molecule has 2 heterocycles. The number of benzene rings is 1. The molecule has 0 radical (unpaired) electrons. The van der Waals surface area contributed by atoms with Gasteiger partial charge in [-0.1, -0.05) is 13.8 Å². The lowest BCUT2D eigenvalue weighted by molar-refractivity contribution is -0.144. The van der Waals surface area contributed by atoms with Crippen molar-refractivity contribution in [3.05, 3.63) is 23.8 Å². The maximum atomic E-state index is 13.1. The smallest absolute Gasteiger partial charge is 0.308 e. The van der Waals surface area contributed by atoms with Gasteiger partial charge in [0.25, 0.3) is 5.91 Å². The van der Waals surface area contributed by atoms with Gasteiger partial charge in [0, 0.05) is 18.2 Å². The number of amides is 1. The highest BCUT2D eigenvalue weighted by atomic mass is 16.7. The molecule has 2 aliphatic heterocycles. The molecular formula is C20H28N2O6. The molecule has 0 saturated carbocycles. The number of nitrogens with zero attached hydrogens (tertiary/aromatic N) is 2. The number of rotatable bonds is 8. The molecular weight excluding hydrogens is 364 g/mol. The van der Waals surface area contributed by atoms with E-state index in [9.17, 15) is 19.8 Å². The van der Waals surface area contributed by atoms with Crippen LogP contribution in [0.5, 0.6) is 11.5 Å². The lowest BCUT2D eigenvalue weighted by atomic mass is 9.93. The number of carbonyl (C=O) groups excluding carboxylic acids is 1. The number of β-amino-alcohol motifs (C(OH)–C–C–N with tert-alkyl or cyclic N) is 1. The van der Waals surface area contributed by atoms with E-state index in [1.54, 1.807) is 18.2 Å². The Kier molecular flexibility index (Phi) is 6.41. The molecule has 8 nitrogen and oxygen atoms in total. The summed E-state index contributed by atoms with van der Waals surface area (Å²) in [6.45, 7) is 6.65. The van der Waals surface area contributed by atoms with Crippen LogP contribution in [0.4, 0.5) is 0 Å². The van der Waals surface area contributed by atoms with Gasteiger partial charge in [-0.2, -0.15) is 0 Å². The van der Waals surface area contributed by atoms with E-state index in [4.69, 9.17) is 9.47 Å². The van der Waals surface area contributed by atoms with Gasteiger partial charge >= 0.3 is 5.97 Å². The van der Waals surface area contributed by atoms with E-state index < -0.39 is 24.0 Å². The number of ether oxygens (including phenoxy) is 2. The first kappa shape index (κ1) is 20.4. The summed E-state index contributed by atoms with van der Waals surface area (Å²) in [6.07, 6.45) is -0.0246. The quantitative estimate of drug-likeness (QED) is 0.690. The summed E-state index contributed by atoms with van der Waals surface area (Å²) in [5, 5.41) is 20.0. The summed E-state index contributed by atoms with van der Waals surface area (Å²) >= 11 is 0. The fourth-order valence-corrected chi connectivity index (χ4v) is 4.00. The van der Waals surface area contributed by atoms with Crippen LogP contribution >= 0.6 is 0 Å². The van der Waals surface area contributed by atoms with Crippen LogP contribution in [-0.4, -0.2) is 77.0 Å². The molecule has 0 bridgehead atoms. The molecule has 1 aromatic carbocycles. The number of carbonyl (C=O) groups is 2. The SMILES string of the molecule is CCN(CC)CCC(C(=O)O)C1CC(O)CN1C(=O)c1ccc2c(c1)OCO2. The Balaban J connectivity index is 1.78. The van der Waals surface area contributed by atoms with E-state index in [0.29, 0.717) is 30.0 Å². The molecule has 8 heteroatoms. The molecule has 0 aromatic heterocycles. The second kappa shape index (κ2) is 8.79. The van der Waals surface area contributed by atoms with Crippen LogP contribution in [0.15, 0.2) is 18.2 Å². The standard InChI is InChI=1S/C20H28N2O6/c1-3-21(4-2)8-7-15(20(25)26)16-10-14(23)11-22(16)19(24)13-5-6-17-18(9-13)28-12-27-17/h5-6,9,14-16,23H,3-4,7-8,10-12H2,1-2H3,(H,25,26). The maximum absolute atomic E-state index is 13.1. The normalized spacial score (nSPS) is 21.9. The minimum Gasteiger partial charge on any atom is -0.481 e. The van der Waals surface area contributed by atoms with Gasteiger partial charge < -0.3 is 29.5 Å². The first-order valence-corrected chi connectivity index (χ1v) is 9.78. The maximum Gasteiger partial charge on any atom is 0.308 e. The summed E-state index contributed by atoms with van der Waals surface area (Å²) in [4.78, 5) is 28.7. The van der Waals surface area contributed by atoms with E-state index in [-0.39, 0.29) is 25.7 Å². The zero-order valence-corrected chi connectivity index (χ0v) is 16.3. The number of aliphatic carboxylic acids is 1. The molecule has 1 saturated heterocycles. The van der Waals surface area contributed by atoms with Crippen molar-refractivity contribution in [2.24, 2.45) is 5.92 Å². The fraction of sp³-hybridized carbons (Fsp3) is 0.600. The second-order valence-electron chi connectivity index (χ2n) is 7.24. The Morgan fingerprint density at radius 3 is 2.64 bits per heavy atom. The number of hydrogen-bond acceptors (Lipinski definition) is 6. The van der Waals surface area contributed by atoms with Crippen LogP contribution in [0.3, 0.4) is 0 Å². The predicted octanol–water partition coefficient (Wildman–Crippen LogP) is 1.42. The fourth-order valence-electron chi connectivity index (χ4n) is 4.00. The molecule has 2 N–H and O–H groups in total. The van der Waals surface area contributed by atoms with Gasteiger partial charge in [0.1, 0.15) is 0 Å². The molecule has 1 amide bonds. The Morgan fingerprint density at radius 1 is 1.25 bits per heavy atom. The van der Waals surface area contributed by atoms with Crippen molar-refractivity contribution in [3.8, 4) is 11.5 Å². The van der Waals surface area contributed by atoms with E-state index >= 15 is 0 Å². The average Bonchev–Trinajstić information content (AvgIpc) is 3.30. The molecule has 3 rings (SSSR count). The molecule has 1 aromatic rings. The lowest BCUT2D eigenvalue weighted by Crippen LogP contribution is -2.44. The van der Waals surface area contributed by atoms with Crippen molar-refractivity contribution in [1.29, 1.82) is 0 Å². The van der Waals surface area contributed by atoms with Crippen molar-refractivity contribution < 1.29 is 29.3 Å². The van der Waals surface area contributed by atoms with Gasteiger partial charge in [-0.05, 0) is 50.7 Å². The summed E-state index contributed by atoms with van der Waals surface area (Å²) in [5.74, 6) is -0.880. The summed E-state index contributed by atoms with van der Waals surface area (Å²) in [5.41, 5.74) is 0.399. The second-order valence-corrected chi connectivity index (χ2v) is 7.24. The van der Waals surface area contributed by atoms with Crippen LogP contribution in [0.1, 0.15) is 37.0 Å². The highest BCUT2D eigenvalue weighted by molar-refractivity contribution is 5.95.